The van der Waals surface area contributed by atoms with Crippen molar-refractivity contribution in [1.82, 2.24) is 0 Å². The summed E-state index contributed by atoms with van der Waals surface area (Å²) in [6.45, 7) is 5.35. The lowest BCUT2D eigenvalue weighted by molar-refractivity contribution is -0.197. The van der Waals surface area contributed by atoms with E-state index in [9.17, 15) is 33.9 Å². The number of aliphatic hydroxyl groups excluding tert-OH is 1. The number of aliphatic hydroxyl groups is 1. The lowest BCUT2D eigenvalue weighted by Crippen LogP contribution is -2.55. The number of carbonyl (C=O) groups is 6. The maximum Gasteiger partial charge on any atom is 0.303 e. The smallest absolute Gasteiger partial charge is 0.303 e. The first-order chi connectivity index (χ1) is 15.4. The van der Waals surface area contributed by atoms with Gasteiger partial charge in [-0.2, -0.15) is 0 Å². The first kappa shape index (κ1) is 30.2. The van der Waals surface area contributed by atoms with Crippen molar-refractivity contribution in [1.29, 1.82) is 0 Å². The van der Waals surface area contributed by atoms with E-state index in [4.69, 9.17) is 18.9 Å². The Labute approximate surface area is 193 Å². The molecule has 0 aliphatic rings. The summed E-state index contributed by atoms with van der Waals surface area (Å²) >= 11 is 0. The monoisotopic (exact) mass is 474 g/mol. The molecule has 4 atom stereocenters. The molecule has 0 saturated carbocycles. The fraction of sp³-hybridized carbons (Fsp3) is 0.727. The van der Waals surface area contributed by atoms with Crippen LogP contribution < -0.4 is 0 Å². The van der Waals surface area contributed by atoms with Crippen LogP contribution in [0.15, 0.2) is 0 Å². The van der Waals surface area contributed by atoms with E-state index in [1.165, 1.54) is 0 Å². The molecule has 0 aliphatic carbocycles. The Bertz CT molecular complexity index is 700. The van der Waals surface area contributed by atoms with Gasteiger partial charge in [-0.25, -0.2) is 0 Å². The minimum Gasteiger partial charge on any atom is -0.463 e. The van der Waals surface area contributed by atoms with Crippen molar-refractivity contribution >= 4 is 35.4 Å². The van der Waals surface area contributed by atoms with Crippen LogP contribution in [0.3, 0.4) is 0 Å². The fourth-order valence-corrected chi connectivity index (χ4v) is 2.97. The molecule has 0 fully saturated rings. The number of carbonyl (C=O) groups excluding carboxylic acids is 6. The van der Waals surface area contributed by atoms with Gasteiger partial charge in [0, 0.05) is 34.1 Å². The molecule has 0 radical (unpaired) electrons. The highest BCUT2D eigenvalue weighted by atomic mass is 16.6. The van der Waals surface area contributed by atoms with Crippen molar-refractivity contribution in [3.63, 3.8) is 0 Å². The van der Waals surface area contributed by atoms with Crippen molar-refractivity contribution in [2.24, 2.45) is 0 Å². The number of esters is 4. The largest absolute Gasteiger partial charge is 0.463 e. The fourth-order valence-electron chi connectivity index (χ4n) is 2.97. The molecule has 0 spiro atoms. The zero-order valence-electron chi connectivity index (χ0n) is 19.8. The summed E-state index contributed by atoms with van der Waals surface area (Å²) < 4.78 is 19.8. The second kappa shape index (κ2) is 15.9. The lowest BCUT2D eigenvalue weighted by Gasteiger charge is -2.33. The molecular weight excluding hydrogens is 440 g/mol. The number of hydrogen-bond acceptors (Lipinski definition) is 11. The van der Waals surface area contributed by atoms with Gasteiger partial charge in [0.15, 0.2) is 12.2 Å². The highest BCUT2D eigenvalue weighted by molar-refractivity contribution is 6.39. The van der Waals surface area contributed by atoms with Gasteiger partial charge in [0.1, 0.15) is 12.7 Å². The van der Waals surface area contributed by atoms with Crippen LogP contribution in [0.5, 0.6) is 0 Å². The van der Waals surface area contributed by atoms with Crippen molar-refractivity contribution in [3.8, 4) is 0 Å². The van der Waals surface area contributed by atoms with Crippen LogP contribution in [0, 0.1) is 0 Å². The van der Waals surface area contributed by atoms with E-state index in [0.29, 0.717) is 6.42 Å². The predicted octanol–water partition coefficient (Wildman–Crippen LogP) is 1.20. The normalized spacial score (nSPS) is 14.2. The summed E-state index contributed by atoms with van der Waals surface area (Å²) in [5.74, 6) is -5.68. The van der Waals surface area contributed by atoms with Gasteiger partial charge in [-0.15, -0.1) is 0 Å². The van der Waals surface area contributed by atoms with Crippen LogP contribution in [-0.4, -0.2) is 71.6 Å². The minimum absolute atomic E-state index is 0.124. The van der Waals surface area contributed by atoms with Gasteiger partial charge in [-0.05, 0) is 6.42 Å². The zero-order chi connectivity index (χ0) is 25.6. The second-order valence-corrected chi connectivity index (χ2v) is 7.50. The number of unbranched alkanes of at least 4 members (excludes halogenated alkanes) is 4. The average molecular weight is 475 g/mol. The Balaban J connectivity index is 5.90. The van der Waals surface area contributed by atoms with Gasteiger partial charge in [0.05, 0.1) is 0 Å². The first-order valence-corrected chi connectivity index (χ1v) is 10.8. The molecule has 33 heavy (non-hydrogen) atoms. The average Bonchev–Trinajstić information content (AvgIpc) is 2.71. The van der Waals surface area contributed by atoms with E-state index in [1.54, 1.807) is 0 Å². The van der Waals surface area contributed by atoms with E-state index in [2.05, 4.69) is 0 Å². The van der Waals surface area contributed by atoms with Crippen LogP contribution in [0.25, 0.3) is 0 Å². The molecule has 0 aromatic heterocycles. The topological polar surface area (TPSA) is 160 Å². The summed E-state index contributed by atoms with van der Waals surface area (Å²) in [5, 5.41) is 10.4. The van der Waals surface area contributed by atoms with Gasteiger partial charge in [-0.1, -0.05) is 32.6 Å². The Hall–Kier alpha value is -2.82. The van der Waals surface area contributed by atoms with Gasteiger partial charge in [-0.3, -0.25) is 28.8 Å². The van der Waals surface area contributed by atoms with Crippen molar-refractivity contribution in [2.75, 3.05) is 6.61 Å². The van der Waals surface area contributed by atoms with E-state index >= 15 is 0 Å². The summed E-state index contributed by atoms with van der Waals surface area (Å²) in [4.78, 5) is 71.5. The van der Waals surface area contributed by atoms with Gasteiger partial charge in [0.25, 0.3) is 0 Å². The summed E-state index contributed by atoms with van der Waals surface area (Å²) in [7, 11) is 0. The molecule has 0 rings (SSSR count). The number of ketones is 2. The van der Waals surface area contributed by atoms with Crippen LogP contribution in [0.1, 0.15) is 73.1 Å². The number of Topliss-reactive ketones (excluding diaryl/α,β-unsaturated/α-hetero) is 2. The van der Waals surface area contributed by atoms with Gasteiger partial charge >= 0.3 is 23.9 Å². The van der Waals surface area contributed by atoms with Gasteiger partial charge < -0.3 is 24.1 Å². The Morgan fingerprint density at radius 2 is 1.21 bits per heavy atom. The number of rotatable bonds is 16. The highest BCUT2D eigenvalue weighted by Gasteiger charge is 2.46. The molecule has 0 aromatic rings. The minimum atomic E-state index is -1.98. The number of ether oxygens (including phenoxy) is 4. The Morgan fingerprint density at radius 1 is 0.697 bits per heavy atom. The third kappa shape index (κ3) is 12.7. The standard InChI is InChI=1S/C22H34O11/c1-6-7-8-9-10-11-17(27)19(29)21(32-15(4)25)22(33-16(5)26)20(31-14(3)24)18(28)12-30-13(2)23/h18,20-22,28H,6-12H2,1-5H3/t18-,20-,21+,22+/m1/s1. The molecule has 11 nitrogen and oxygen atoms in total. The molecule has 11 heteroatoms. The molecule has 1 N–H and O–H groups in total. The van der Waals surface area contributed by atoms with Gasteiger partial charge in [0.2, 0.25) is 17.7 Å². The maximum atomic E-state index is 12.9. The zero-order valence-corrected chi connectivity index (χ0v) is 19.8. The molecule has 0 bridgehead atoms. The molecule has 0 aromatic carbocycles. The molecule has 0 unspecified atom stereocenters. The molecule has 0 heterocycles. The van der Waals surface area contributed by atoms with E-state index in [-0.39, 0.29) is 6.42 Å². The molecule has 0 aliphatic heterocycles. The van der Waals surface area contributed by atoms with Crippen LogP contribution in [0.2, 0.25) is 0 Å². The SMILES string of the molecule is CCCCCCCC(=O)C(=O)[C@H](OC(C)=O)[C@@H](OC(C)=O)[C@H](OC(C)=O)[C@H](O)COC(C)=O. The summed E-state index contributed by atoms with van der Waals surface area (Å²) in [6, 6.07) is 0. The molecule has 188 valence electrons. The van der Waals surface area contributed by atoms with Crippen molar-refractivity contribution in [2.45, 2.75) is 97.6 Å². The Kier molecular flexibility index (Phi) is 14.5. The summed E-state index contributed by atoms with van der Waals surface area (Å²) in [5.41, 5.74) is 0. The third-order valence-corrected chi connectivity index (χ3v) is 4.40. The molecular formula is C22H34O11. The van der Waals surface area contributed by atoms with E-state index < -0.39 is 66.5 Å². The molecule has 0 amide bonds. The molecule has 0 saturated heterocycles. The third-order valence-electron chi connectivity index (χ3n) is 4.40. The first-order valence-electron chi connectivity index (χ1n) is 10.8. The van der Waals surface area contributed by atoms with Crippen LogP contribution in [0.4, 0.5) is 0 Å². The van der Waals surface area contributed by atoms with Crippen molar-refractivity contribution < 1.29 is 52.8 Å². The van der Waals surface area contributed by atoms with Crippen LogP contribution in [-0.2, 0) is 47.7 Å². The van der Waals surface area contributed by atoms with Crippen LogP contribution >= 0.6 is 0 Å². The predicted molar refractivity (Wildman–Crippen MR) is 113 cm³/mol. The van der Waals surface area contributed by atoms with Crippen molar-refractivity contribution in [3.05, 3.63) is 0 Å². The lowest BCUT2D eigenvalue weighted by atomic mass is 9.95. The van der Waals surface area contributed by atoms with E-state index in [0.717, 1.165) is 53.4 Å². The van der Waals surface area contributed by atoms with E-state index in [1.807, 2.05) is 6.92 Å². The Morgan fingerprint density at radius 3 is 1.70 bits per heavy atom. The maximum absolute atomic E-state index is 12.9. The highest BCUT2D eigenvalue weighted by Crippen LogP contribution is 2.20. The second-order valence-electron chi connectivity index (χ2n) is 7.50. The quantitative estimate of drug-likeness (QED) is 0.148. The number of hydrogen-bond donors (Lipinski definition) is 1. The summed E-state index contributed by atoms with van der Waals surface area (Å²) in [6.07, 6.45) is -3.50.